The third-order valence-electron chi connectivity index (χ3n) is 3.81. The minimum Gasteiger partial charge on any atom is -0.482 e. The van der Waals surface area contributed by atoms with E-state index in [1.54, 1.807) is 48.5 Å². The Labute approximate surface area is 185 Å². The van der Waals surface area contributed by atoms with Crippen molar-refractivity contribution in [3.63, 3.8) is 0 Å². The number of carbonyl (C=O) groups is 2. The lowest BCUT2D eigenvalue weighted by Crippen LogP contribution is -2.30. The van der Waals surface area contributed by atoms with Gasteiger partial charge >= 0.3 is 11.9 Å². The first-order chi connectivity index (χ1) is 14.4. The Morgan fingerprint density at radius 2 is 1.10 bits per heavy atom. The number of hydrogen-bond donors (Lipinski definition) is 0. The average molecular weight is 456 g/mol. The summed E-state index contributed by atoms with van der Waals surface area (Å²) in [6.45, 7) is 1.02. The third-order valence-corrected chi connectivity index (χ3v) is 4.32. The number of nitrogens with zero attached hydrogens (tertiary/aromatic N) is 1. The van der Waals surface area contributed by atoms with Crippen LogP contribution in [0.15, 0.2) is 48.5 Å². The van der Waals surface area contributed by atoms with E-state index in [1.165, 1.54) is 0 Å². The zero-order valence-electron chi connectivity index (χ0n) is 16.5. The SMILES string of the molecule is CN(CCOC(=O)COc1ccc(Cl)cc1)CCOC(=O)COc1ccc(Cl)cc1. The topological polar surface area (TPSA) is 74.3 Å². The van der Waals surface area contributed by atoms with Crippen molar-refractivity contribution in [2.45, 2.75) is 0 Å². The molecule has 2 rings (SSSR count). The fraction of sp³-hybridized carbons (Fsp3) is 0.333. The van der Waals surface area contributed by atoms with Gasteiger partial charge in [-0.05, 0) is 55.6 Å². The van der Waals surface area contributed by atoms with Crippen LogP contribution in [0.5, 0.6) is 11.5 Å². The van der Waals surface area contributed by atoms with E-state index in [2.05, 4.69) is 0 Å². The van der Waals surface area contributed by atoms with Gasteiger partial charge in [-0.15, -0.1) is 0 Å². The van der Waals surface area contributed by atoms with Crippen molar-refractivity contribution in [3.8, 4) is 11.5 Å². The summed E-state index contributed by atoms with van der Waals surface area (Å²) in [6.07, 6.45) is 0. The molecule has 7 nitrogen and oxygen atoms in total. The molecule has 0 fully saturated rings. The van der Waals surface area contributed by atoms with Crippen molar-refractivity contribution in [3.05, 3.63) is 58.6 Å². The number of hydrogen-bond acceptors (Lipinski definition) is 7. The molecule has 0 aliphatic rings. The monoisotopic (exact) mass is 455 g/mol. The molecule has 2 aromatic carbocycles. The largest absolute Gasteiger partial charge is 0.482 e. The van der Waals surface area contributed by atoms with E-state index in [-0.39, 0.29) is 26.4 Å². The first-order valence-electron chi connectivity index (χ1n) is 9.19. The smallest absolute Gasteiger partial charge is 0.344 e. The molecule has 0 aliphatic heterocycles. The second kappa shape index (κ2) is 13.0. The standard InChI is InChI=1S/C21H23Cl2NO6/c1-24(10-12-27-20(25)14-29-18-6-2-16(22)3-7-18)11-13-28-21(26)15-30-19-8-4-17(23)5-9-19/h2-9H,10-15H2,1H3. The highest BCUT2D eigenvalue weighted by molar-refractivity contribution is 6.30. The zero-order chi connectivity index (χ0) is 21.8. The summed E-state index contributed by atoms with van der Waals surface area (Å²) in [4.78, 5) is 25.3. The molecule has 9 heteroatoms. The van der Waals surface area contributed by atoms with Crippen molar-refractivity contribution in [2.24, 2.45) is 0 Å². The van der Waals surface area contributed by atoms with Gasteiger partial charge in [0.05, 0.1) is 0 Å². The Bertz CT molecular complexity index is 731. The molecule has 0 N–H and O–H groups in total. The van der Waals surface area contributed by atoms with E-state index in [1.807, 2.05) is 11.9 Å². The van der Waals surface area contributed by atoms with Crippen molar-refractivity contribution in [1.29, 1.82) is 0 Å². The fourth-order valence-electron chi connectivity index (χ4n) is 2.17. The normalized spacial score (nSPS) is 10.5. The number of ether oxygens (including phenoxy) is 4. The zero-order valence-corrected chi connectivity index (χ0v) is 18.0. The Morgan fingerprint density at radius 3 is 1.47 bits per heavy atom. The second-order valence-electron chi connectivity index (χ2n) is 6.23. The number of likely N-dealkylation sites (N-methyl/N-ethyl adjacent to an activating group) is 1. The molecule has 0 aromatic heterocycles. The first-order valence-corrected chi connectivity index (χ1v) is 9.94. The Kier molecular flexibility index (Phi) is 10.3. The van der Waals surface area contributed by atoms with Gasteiger partial charge in [0.1, 0.15) is 24.7 Å². The van der Waals surface area contributed by atoms with Crippen LogP contribution in [-0.2, 0) is 19.1 Å². The van der Waals surface area contributed by atoms with Crippen LogP contribution in [0.3, 0.4) is 0 Å². The predicted octanol–water partition coefficient (Wildman–Crippen LogP) is 3.47. The van der Waals surface area contributed by atoms with Crippen molar-refractivity contribution in [2.75, 3.05) is 46.6 Å². The van der Waals surface area contributed by atoms with E-state index in [4.69, 9.17) is 42.1 Å². The van der Waals surface area contributed by atoms with Gasteiger partial charge in [0.25, 0.3) is 0 Å². The van der Waals surface area contributed by atoms with Crippen LogP contribution in [0.1, 0.15) is 0 Å². The number of halogens is 2. The van der Waals surface area contributed by atoms with Gasteiger partial charge in [-0.2, -0.15) is 0 Å². The lowest BCUT2D eigenvalue weighted by molar-refractivity contribution is -0.146. The number of esters is 2. The van der Waals surface area contributed by atoms with Crippen LogP contribution in [0, 0.1) is 0 Å². The molecule has 2 aromatic rings. The van der Waals surface area contributed by atoms with Crippen LogP contribution in [0.4, 0.5) is 0 Å². The summed E-state index contributed by atoms with van der Waals surface area (Å²) < 4.78 is 20.8. The quantitative estimate of drug-likeness (QED) is 0.453. The highest BCUT2D eigenvalue weighted by atomic mass is 35.5. The highest BCUT2D eigenvalue weighted by Gasteiger charge is 2.08. The summed E-state index contributed by atoms with van der Waals surface area (Å²) in [5.74, 6) is 0.138. The summed E-state index contributed by atoms with van der Waals surface area (Å²) in [5.41, 5.74) is 0. The Morgan fingerprint density at radius 1 is 0.733 bits per heavy atom. The van der Waals surface area contributed by atoms with E-state index in [9.17, 15) is 9.59 Å². The molecule has 0 unspecified atom stereocenters. The van der Waals surface area contributed by atoms with Crippen LogP contribution in [-0.4, -0.2) is 63.4 Å². The lowest BCUT2D eigenvalue weighted by atomic mass is 10.3. The van der Waals surface area contributed by atoms with Gasteiger partial charge in [-0.3, -0.25) is 4.90 Å². The Hall–Kier alpha value is -2.48. The van der Waals surface area contributed by atoms with Crippen LogP contribution in [0.2, 0.25) is 10.0 Å². The van der Waals surface area contributed by atoms with E-state index in [0.29, 0.717) is 34.6 Å². The van der Waals surface area contributed by atoms with Gasteiger partial charge < -0.3 is 18.9 Å². The summed E-state index contributed by atoms with van der Waals surface area (Å²) in [5, 5.41) is 1.18. The minimum absolute atomic E-state index is 0.184. The lowest BCUT2D eigenvalue weighted by Gasteiger charge is -2.16. The number of benzene rings is 2. The molecule has 0 saturated carbocycles. The Balaban J connectivity index is 1.50. The molecule has 0 radical (unpaired) electrons. The van der Waals surface area contributed by atoms with Gasteiger partial charge in [-0.1, -0.05) is 23.2 Å². The molecule has 162 valence electrons. The first kappa shape index (κ1) is 23.8. The third kappa shape index (κ3) is 9.82. The number of carbonyl (C=O) groups excluding carboxylic acids is 2. The summed E-state index contributed by atoms with van der Waals surface area (Å²) in [6, 6.07) is 13.4. The summed E-state index contributed by atoms with van der Waals surface area (Å²) in [7, 11) is 1.83. The van der Waals surface area contributed by atoms with Crippen molar-refractivity contribution < 1.29 is 28.5 Å². The van der Waals surface area contributed by atoms with Gasteiger partial charge in [0.2, 0.25) is 0 Å². The predicted molar refractivity (Wildman–Crippen MR) is 113 cm³/mol. The fourth-order valence-corrected chi connectivity index (χ4v) is 2.42. The van der Waals surface area contributed by atoms with Gasteiger partial charge in [0, 0.05) is 23.1 Å². The molecule has 0 heterocycles. The maximum Gasteiger partial charge on any atom is 0.344 e. The van der Waals surface area contributed by atoms with Crippen LogP contribution >= 0.6 is 23.2 Å². The van der Waals surface area contributed by atoms with E-state index >= 15 is 0 Å². The summed E-state index contributed by atoms with van der Waals surface area (Å²) >= 11 is 11.6. The molecule has 30 heavy (non-hydrogen) atoms. The van der Waals surface area contributed by atoms with Gasteiger partial charge in [0.15, 0.2) is 13.2 Å². The molecular weight excluding hydrogens is 433 g/mol. The minimum atomic E-state index is -0.468. The van der Waals surface area contributed by atoms with E-state index in [0.717, 1.165) is 0 Å². The molecule has 0 amide bonds. The van der Waals surface area contributed by atoms with Crippen LogP contribution in [0.25, 0.3) is 0 Å². The highest BCUT2D eigenvalue weighted by Crippen LogP contribution is 2.16. The van der Waals surface area contributed by atoms with Crippen LogP contribution < -0.4 is 9.47 Å². The maximum atomic E-state index is 11.7. The molecule has 0 aliphatic carbocycles. The number of rotatable bonds is 12. The maximum absolute atomic E-state index is 11.7. The molecule has 0 atom stereocenters. The molecule has 0 spiro atoms. The van der Waals surface area contributed by atoms with E-state index < -0.39 is 11.9 Å². The molecule has 0 saturated heterocycles. The molecule has 0 bridgehead atoms. The van der Waals surface area contributed by atoms with Gasteiger partial charge in [-0.25, -0.2) is 9.59 Å². The average Bonchev–Trinajstić information content (AvgIpc) is 2.73. The molecular formula is C21H23Cl2NO6. The second-order valence-corrected chi connectivity index (χ2v) is 7.10. The van der Waals surface area contributed by atoms with Crippen molar-refractivity contribution in [1.82, 2.24) is 4.90 Å². The van der Waals surface area contributed by atoms with Crippen molar-refractivity contribution >= 4 is 35.1 Å².